The predicted molar refractivity (Wildman–Crippen MR) is 138 cm³/mol. The van der Waals surface area contributed by atoms with Crippen LogP contribution < -0.4 is 5.32 Å². The number of carbonyl (C=O) groups excluding carboxylic acids is 3. The summed E-state index contributed by atoms with van der Waals surface area (Å²) >= 11 is 0. The normalized spacial score (nSPS) is 22.6. The van der Waals surface area contributed by atoms with E-state index in [1.165, 1.54) is 29.2 Å². The molecule has 0 aromatic heterocycles. The minimum Gasteiger partial charge on any atom is -0.376 e. The van der Waals surface area contributed by atoms with E-state index >= 15 is 0 Å². The second kappa shape index (κ2) is 11.2. The van der Waals surface area contributed by atoms with Gasteiger partial charge in [0.1, 0.15) is 17.6 Å². The summed E-state index contributed by atoms with van der Waals surface area (Å²) in [5, 5.41) is 2.93. The van der Waals surface area contributed by atoms with Crippen molar-refractivity contribution in [1.82, 2.24) is 15.1 Å². The van der Waals surface area contributed by atoms with E-state index in [1.54, 1.807) is 4.90 Å². The Morgan fingerprint density at radius 2 is 1.66 bits per heavy atom. The number of aryl methyl sites for hydroxylation is 1. The summed E-state index contributed by atoms with van der Waals surface area (Å²) in [5.41, 5.74) is 1.04. The van der Waals surface area contributed by atoms with Crippen molar-refractivity contribution in [3.05, 3.63) is 71.0 Å². The van der Waals surface area contributed by atoms with E-state index in [2.05, 4.69) is 12.2 Å². The Balaban J connectivity index is 1.33. The maximum absolute atomic E-state index is 13.7. The summed E-state index contributed by atoms with van der Waals surface area (Å²) < 4.78 is 25.4. The summed E-state index contributed by atoms with van der Waals surface area (Å²) in [6.07, 6.45) is 3.45. The van der Waals surface area contributed by atoms with E-state index in [-0.39, 0.29) is 30.1 Å². The molecule has 8 nitrogen and oxygen atoms in total. The molecule has 0 bridgehead atoms. The molecule has 0 unspecified atom stereocenters. The van der Waals surface area contributed by atoms with Gasteiger partial charge in [-0.25, -0.2) is 4.39 Å². The van der Waals surface area contributed by atoms with Gasteiger partial charge in [-0.3, -0.25) is 19.3 Å². The lowest BCUT2D eigenvalue weighted by molar-refractivity contribution is -0.128. The number of halogens is 1. The summed E-state index contributed by atoms with van der Waals surface area (Å²) in [5.74, 6) is -1.21. The molecule has 0 radical (unpaired) electrons. The molecule has 5 rings (SSSR count). The molecule has 9 heteroatoms. The molecule has 1 N–H and O–H groups in total. The van der Waals surface area contributed by atoms with E-state index in [1.807, 2.05) is 24.3 Å². The summed E-state index contributed by atoms with van der Waals surface area (Å²) in [6.45, 7) is 3.94. The number of amides is 3. The summed E-state index contributed by atoms with van der Waals surface area (Å²) in [6, 6.07) is 12.1. The molecule has 202 valence electrons. The third-order valence-corrected chi connectivity index (χ3v) is 7.84. The van der Waals surface area contributed by atoms with Crippen LogP contribution in [0.2, 0.25) is 0 Å². The number of carbonyl (C=O) groups is 3. The van der Waals surface area contributed by atoms with E-state index in [4.69, 9.17) is 9.47 Å². The van der Waals surface area contributed by atoms with Crippen LogP contribution in [0.25, 0.3) is 0 Å². The number of rotatable bonds is 6. The molecule has 3 aliphatic rings. The largest absolute Gasteiger partial charge is 0.376 e. The molecule has 0 aliphatic carbocycles. The van der Waals surface area contributed by atoms with Crippen molar-refractivity contribution in [3.63, 3.8) is 0 Å². The minimum atomic E-state index is -1.03. The molecule has 3 heterocycles. The van der Waals surface area contributed by atoms with Gasteiger partial charge in [0.05, 0.1) is 12.7 Å². The van der Waals surface area contributed by atoms with Gasteiger partial charge in [-0.1, -0.05) is 19.1 Å². The molecular formula is C29H34FN3O5. The lowest BCUT2D eigenvalue weighted by Crippen LogP contribution is -2.60. The zero-order valence-electron chi connectivity index (χ0n) is 21.7. The SMILES string of the molecule is CCc1ccc(C(=O)N2CCC3(CC2)OC[C@H](C(=O)NC[C@H]2CCCO2)N3C(=O)c2ccc(F)cc2)cc1. The molecular weight excluding hydrogens is 489 g/mol. The molecule has 38 heavy (non-hydrogen) atoms. The molecule has 3 amide bonds. The number of nitrogens with zero attached hydrogens (tertiary/aromatic N) is 2. The fourth-order valence-electron chi connectivity index (χ4n) is 5.56. The zero-order valence-corrected chi connectivity index (χ0v) is 21.7. The van der Waals surface area contributed by atoms with Gasteiger partial charge in [0.25, 0.3) is 11.8 Å². The van der Waals surface area contributed by atoms with Crippen LogP contribution in [0.5, 0.6) is 0 Å². The van der Waals surface area contributed by atoms with Crippen LogP contribution in [0.15, 0.2) is 48.5 Å². The van der Waals surface area contributed by atoms with E-state index in [0.29, 0.717) is 44.6 Å². The van der Waals surface area contributed by atoms with Gasteiger partial charge in [-0.2, -0.15) is 0 Å². The smallest absolute Gasteiger partial charge is 0.256 e. The Labute approximate surface area is 222 Å². The van der Waals surface area contributed by atoms with Crippen molar-refractivity contribution in [2.45, 2.75) is 56.9 Å². The second-order valence-corrected chi connectivity index (χ2v) is 10.2. The number of piperidine rings is 1. The summed E-state index contributed by atoms with van der Waals surface area (Å²) in [4.78, 5) is 43.4. The van der Waals surface area contributed by atoms with Crippen molar-refractivity contribution in [1.29, 1.82) is 0 Å². The van der Waals surface area contributed by atoms with Gasteiger partial charge in [0.15, 0.2) is 0 Å². The van der Waals surface area contributed by atoms with Crippen LogP contribution in [0.3, 0.4) is 0 Å². The van der Waals surface area contributed by atoms with Crippen LogP contribution in [0.4, 0.5) is 4.39 Å². The first-order valence-corrected chi connectivity index (χ1v) is 13.4. The van der Waals surface area contributed by atoms with Crippen molar-refractivity contribution in [2.75, 3.05) is 32.8 Å². The number of hydrogen-bond acceptors (Lipinski definition) is 5. The zero-order chi connectivity index (χ0) is 26.7. The molecule has 2 aromatic carbocycles. The van der Waals surface area contributed by atoms with Crippen LogP contribution in [0, 0.1) is 5.82 Å². The van der Waals surface area contributed by atoms with Gasteiger partial charge in [-0.15, -0.1) is 0 Å². The quantitative estimate of drug-likeness (QED) is 0.629. The van der Waals surface area contributed by atoms with Crippen molar-refractivity contribution < 1.29 is 28.2 Å². The maximum Gasteiger partial charge on any atom is 0.256 e. The van der Waals surface area contributed by atoms with Gasteiger partial charge in [0, 0.05) is 50.2 Å². The van der Waals surface area contributed by atoms with Crippen molar-refractivity contribution in [2.24, 2.45) is 0 Å². The van der Waals surface area contributed by atoms with Crippen molar-refractivity contribution >= 4 is 17.7 Å². The Hall–Kier alpha value is -3.30. The van der Waals surface area contributed by atoms with E-state index in [9.17, 15) is 18.8 Å². The molecule has 0 saturated carbocycles. The second-order valence-electron chi connectivity index (χ2n) is 10.2. The Kier molecular flexibility index (Phi) is 7.76. The fraction of sp³-hybridized carbons (Fsp3) is 0.483. The highest BCUT2D eigenvalue weighted by Crippen LogP contribution is 2.39. The topological polar surface area (TPSA) is 88.2 Å². The number of ether oxygens (including phenoxy) is 2. The average Bonchev–Trinajstić information content (AvgIpc) is 3.60. The maximum atomic E-state index is 13.7. The third kappa shape index (κ3) is 5.31. The average molecular weight is 524 g/mol. The molecule has 2 aromatic rings. The standard InChI is InChI=1S/C29H34FN3O5/c1-2-20-5-7-21(8-6-20)27(35)32-15-13-29(14-16-32)33(28(36)22-9-11-23(30)12-10-22)25(19-38-29)26(34)31-18-24-4-3-17-37-24/h5-12,24-25H,2-4,13-19H2,1H3,(H,31,34)/t24-,25-/m1/s1. The molecule has 3 aliphatic heterocycles. The molecule has 3 fully saturated rings. The highest BCUT2D eigenvalue weighted by molar-refractivity contribution is 5.98. The lowest BCUT2D eigenvalue weighted by atomic mass is 9.96. The van der Waals surface area contributed by atoms with Crippen LogP contribution >= 0.6 is 0 Å². The first kappa shape index (κ1) is 26.3. The van der Waals surface area contributed by atoms with E-state index in [0.717, 1.165) is 24.8 Å². The molecule has 1 spiro atoms. The molecule has 2 atom stereocenters. The Morgan fingerprint density at radius 3 is 2.29 bits per heavy atom. The number of nitrogens with one attached hydrogen (secondary N) is 1. The van der Waals surface area contributed by atoms with Gasteiger partial charge in [0.2, 0.25) is 5.91 Å². The predicted octanol–water partition coefficient (Wildman–Crippen LogP) is 3.16. The first-order chi connectivity index (χ1) is 18.4. The monoisotopic (exact) mass is 523 g/mol. The first-order valence-electron chi connectivity index (χ1n) is 13.4. The molecule has 3 saturated heterocycles. The van der Waals surface area contributed by atoms with Gasteiger partial charge >= 0.3 is 0 Å². The minimum absolute atomic E-state index is 0.0304. The number of hydrogen-bond donors (Lipinski definition) is 1. The number of benzene rings is 2. The Morgan fingerprint density at radius 1 is 1.00 bits per heavy atom. The van der Waals surface area contributed by atoms with Gasteiger partial charge < -0.3 is 19.7 Å². The third-order valence-electron chi connectivity index (χ3n) is 7.84. The van der Waals surface area contributed by atoms with Crippen LogP contribution in [0.1, 0.15) is 58.9 Å². The number of likely N-dealkylation sites (tertiary alicyclic amines) is 1. The highest BCUT2D eigenvalue weighted by Gasteiger charge is 2.54. The highest BCUT2D eigenvalue weighted by atomic mass is 19.1. The van der Waals surface area contributed by atoms with Crippen molar-refractivity contribution in [3.8, 4) is 0 Å². The summed E-state index contributed by atoms with van der Waals surface area (Å²) in [7, 11) is 0. The Bertz CT molecular complexity index is 1160. The van der Waals surface area contributed by atoms with Crippen LogP contribution in [-0.2, 0) is 20.7 Å². The fourth-order valence-corrected chi connectivity index (χ4v) is 5.56. The van der Waals surface area contributed by atoms with Gasteiger partial charge in [-0.05, 0) is 61.2 Å². The van der Waals surface area contributed by atoms with E-state index < -0.39 is 23.5 Å². The lowest BCUT2D eigenvalue weighted by Gasteiger charge is -2.44. The van der Waals surface area contributed by atoms with Crippen LogP contribution in [-0.4, -0.2) is 78.2 Å².